The topological polar surface area (TPSA) is 81.2 Å². The molecular formula is C13H24N4O2S. The fourth-order valence-electron chi connectivity index (χ4n) is 2.46. The highest BCUT2D eigenvalue weighted by Crippen LogP contribution is 2.29. The SMILES string of the molecule is CCn1cc(S(=O)(=O)N(CCCN)C2CCC2)nc1C. The lowest BCUT2D eigenvalue weighted by atomic mass is 9.93. The van der Waals surface area contributed by atoms with Gasteiger partial charge in [0.2, 0.25) is 0 Å². The summed E-state index contributed by atoms with van der Waals surface area (Å²) in [6.45, 7) is 5.52. The zero-order valence-electron chi connectivity index (χ0n) is 12.2. The lowest BCUT2D eigenvalue weighted by Crippen LogP contribution is -2.45. The van der Waals surface area contributed by atoms with E-state index in [2.05, 4.69) is 4.98 Å². The van der Waals surface area contributed by atoms with Gasteiger partial charge in [-0.15, -0.1) is 0 Å². The Morgan fingerprint density at radius 1 is 1.50 bits per heavy atom. The molecule has 2 rings (SSSR count). The molecule has 6 nitrogen and oxygen atoms in total. The number of rotatable bonds is 7. The van der Waals surface area contributed by atoms with E-state index in [1.54, 1.807) is 10.5 Å². The fourth-order valence-corrected chi connectivity index (χ4v) is 4.19. The smallest absolute Gasteiger partial charge is 0.262 e. The first kappa shape index (κ1) is 15.5. The average molecular weight is 300 g/mol. The van der Waals surface area contributed by atoms with Crippen molar-refractivity contribution in [3.8, 4) is 0 Å². The Labute approximate surface area is 121 Å². The van der Waals surface area contributed by atoms with Crippen molar-refractivity contribution < 1.29 is 8.42 Å². The van der Waals surface area contributed by atoms with Crippen molar-refractivity contribution in [2.24, 2.45) is 5.73 Å². The van der Waals surface area contributed by atoms with Crippen molar-refractivity contribution in [3.63, 3.8) is 0 Å². The highest BCUT2D eigenvalue weighted by molar-refractivity contribution is 7.89. The Morgan fingerprint density at radius 3 is 2.65 bits per heavy atom. The third-order valence-electron chi connectivity index (χ3n) is 3.93. The van der Waals surface area contributed by atoms with Gasteiger partial charge < -0.3 is 10.3 Å². The molecule has 114 valence electrons. The first-order valence-corrected chi connectivity index (χ1v) is 8.70. The fraction of sp³-hybridized carbons (Fsp3) is 0.769. The van der Waals surface area contributed by atoms with Gasteiger partial charge in [-0.05, 0) is 39.7 Å². The number of imidazole rings is 1. The molecule has 0 atom stereocenters. The predicted octanol–water partition coefficient (Wildman–Crippen LogP) is 1.10. The summed E-state index contributed by atoms with van der Waals surface area (Å²) in [5.74, 6) is 0.735. The van der Waals surface area contributed by atoms with Crippen LogP contribution in [-0.2, 0) is 16.6 Å². The molecule has 1 saturated carbocycles. The van der Waals surface area contributed by atoms with Crippen molar-refractivity contribution in [2.45, 2.75) is 57.1 Å². The summed E-state index contributed by atoms with van der Waals surface area (Å²) < 4.78 is 29.0. The van der Waals surface area contributed by atoms with E-state index in [0.29, 0.717) is 19.5 Å². The van der Waals surface area contributed by atoms with Crippen LogP contribution < -0.4 is 5.73 Å². The van der Waals surface area contributed by atoms with E-state index < -0.39 is 10.0 Å². The largest absolute Gasteiger partial charge is 0.334 e. The minimum Gasteiger partial charge on any atom is -0.334 e. The van der Waals surface area contributed by atoms with E-state index in [0.717, 1.165) is 31.6 Å². The normalized spacial score (nSPS) is 16.6. The van der Waals surface area contributed by atoms with Crippen molar-refractivity contribution in [2.75, 3.05) is 13.1 Å². The third kappa shape index (κ3) is 2.89. The van der Waals surface area contributed by atoms with Gasteiger partial charge in [-0.25, -0.2) is 13.4 Å². The van der Waals surface area contributed by atoms with Crippen LogP contribution in [0.1, 0.15) is 38.4 Å². The second-order valence-electron chi connectivity index (χ2n) is 5.26. The minimum atomic E-state index is -3.50. The molecule has 0 unspecified atom stereocenters. The predicted molar refractivity (Wildman–Crippen MR) is 77.8 cm³/mol. The van der Waals surface area contributed by atoms with E-state index in [4.69, 9.17) is 5.73 Å². The molecular weight excluding hydrogens is 276 g/mol. The summed E-state index contributed by atoms with van der Waals surface area (Å²) in [5, 5.41) is 0.167. The van der Waals surface area contributed by atoms with Crippen molar-refractivity contribution in [1.29, 1.82) is 0 Å². The molecule has 1 aliphatic rings. The third-order valence-corrected chi connectivity index (χ3v) is 5.76. The second-order valence-corrected chi connectivity index (χ2v) is 7.09. The quantitative estimate of drug-likeness (QED) is 0.817. The summed E-state index contributed by atoms with van der Waals surface area (Å²) in [6.07, 6.45) is 5.30. The highest BCUT2D eigenvalue weighted by atomic mass is 32.2. The van der Waals surface area contributed by atoms with E-state index >= 15 is 0 Å². The summed E-state index contributed by atoms with van der Waals surface area (Å²) in [6, 6.07) is 0.124. The van der Waals surface area contributed by atoms with Gasteiger partial charge in [-0.2, -0.15) is 4.31 Å². The molecule has 1 fully saturated rings. The van der Waals surface area contributed by atoms with Gasteiger partial charge in [0.05, 0.1) is 0 Å². The molecule has 2 N–H and O–H groups in total. The first-order chi connectivity index (χ1) is 9.50. The molecule has 1 aromatic rings. The van der Waals surface area contributed by atoms with Crippen LogP contribution in [0.3, 0.4) is 0 Å². The van der Waals surface area contributed by atoms with Gasteiger partial charge in [0.15, 0.2) is 5.03 Å². The number of nitrogens with zero attached hydrogens (tertiary/aromatic N) is 3. The molecule has 7 heteroatoms. The summed E-state index contributed by atoms with van der Waals surface area (Å²) >= 11 is 0. The summed E-state index contributed by atoms with van der Waals surface area (Å²) in [7, 11) is -3.50. The molecule has 0 bridgehead atoms. The Hall–Kier alpha value is -0.920. The van der Waals surface area contributed by atoms with E-state index in [9.17, 15) is 8.42 Å². The van der Waals surface area contributed by atoms with E-state index in [1.165, 1.54) is 0 Å². The maximum atomic E-state index is 12.8. The van der Waals surface area contributed by atoms with Gasteiger partial charge >= 0.3 is 0 Å². The van der Waals surface area contributed by atoms with Crippen LogP contribution in [-0.4, -0.2) is 41.4 Å². The molecule has 0 radical (unpaired) electrons. The number of nitrogens with two attached hydrogens (primary N) is 1. The van der Waals surface area contributed by atoms with Crippen LogP contribution >= 0.6 is 0 Å². The Balaban J connectivity index is 2.28. The van der Waals surface area contributed by atoms with Crippen molar-refractivity contribution >= 4 is 10.0 Å². The molecule has 1 heterocycles. The molecule has 0 spiro atoms. The highest BCUT2D eigenvalue weighted by Gasteiger charge is 2.35. The van der Waals surface area contributed by atoms with Crippen LogP contribution in [0, 0.1) is 6.92 Å². The molecule has 1 aliphatic carbocycles. The number of hydrogen-bond acceptors (Lipinski definition) is 4. The molecule has 1 aromatic heterocycles. The molecule has 0 amide bonds. The van der Waals surface area contributed by atoms with Crippen LogP contribution in [0.25, 0.3) is 0 Å². The van der Waals surface area contributed by atoms with Gasteiger partial charge in [0.25, 0.3) is 10.0 Å². The van der Waals surface area contributed by atoms with Gasteiger partial charge in [-0.1, -0.05) is 6.42 Å². The molecule has 20 heavy (non-hydrogen) atoms. The average Bonchev–Trinajstić information content (AvgIpc) is 2.73. The van der Waals surface area contributed by atoms with E-state index in [-0.39, 0.29) is 11.1 Å². The standard InChI is InChI=1S/C13H24N4O2S/c1-3-16-10-13(15-11(16)2)20(18,19)17(9-5-8-14)12-6-4-7-12/h10,12H,3-9,14H2,1-2H3. The second kappa shape index (κ2) is 6.24. The molecule has 0 saturated heterocycles. The summed E-state index contributed by atoms with van der Waals surface area (Å²) in [4.78, 5) is 4.22. The van der Waals surface area contributed by atoms with Crippen LogP contribution in [0.2, 0.25) is 0 Å². The Bertz CT molecular complexity index is 549. The van der Waals surface area contributed by atoms with Gasteiger partial charge in [-0.3, -0.25) is 0 Å². The van der Waals surface area contributed by atoms with Gasteiger partial charge in [0.1, 0.15) is 5.82 Å². The first-order valence-electron chi connectivity index (χ1n) is 7.26. The number of aromatic nitrogens is 2. The lowest BCUT2D eigenvalue weighted by molar-refractivity contribution is 0.218. The van der Waals surface area contributed by atoms with Crippen molar-refractivity contribution in [3.05, 3.63) is 12.0 Å². The lowest BCUT2D eigenvalue weighted by Gasteiger charge is -2.36. The van der Waals surface area contributed by atoms with Crippen molar-refractivity contribution in [1.82, 2.24) is 13.9 Å². The Morgan fingerprint density at radius 2 is 2.20 bits per heavy atom. The molecule has 0 aliphatic heterocycles. The van der Waals surface area contributed by atoms with Gasteiger partial charge in [0, 0.05) is 25.3 Å². The maximum Gasteiger partial charge on any atom is 0.262 e. The number of aryl methyl sites for hydroxylation is 2. The maximum absolute atomic E-state index is 12.8. The van der Waals surface area contributed by atoms with Crippen LogP contribution in [0.15, 0.2) is 11.2 Å². The number of hydrogen-bond donors (Lipinski definition) is 1. The zero-order valence-corrected chi connectivity index (χ0v) is 13.1. The Kier molecular flexibility index (Phi) is 4.82. The monoisotopic (exact) mass is 300 g/mol. The number of sulfonamides is 1. The zero-order chi connectivity index (χ0) is 14.8. The summed E-state index contributed by atoms with van der Waals surface area (Å²) in [5.41, 5.74) is 5.53. The van der Waals surface area contributed by atoms with Crippen LogP contribution in [0.4, 0.5) is 0 Å². The van der Waals surface area contributed by atoms with E-state index in [1.807, 2.05) is 18.4 Å². The minimum absolute atomic E-state index is 0.124. The van der Waals surface area contributed by atoms with Crippen LogP contribution in [0.5, 0.6) is 0 Å². The molecule has 0 aromatic carbocycles.